The van der Waals surface area contributed by atoms with Gasteiger partial charge in [0.2, 0.25) is 0 Å². The van der Waals surface area contributed by atoms with Crippen LogP contribution in [0.3, 0.4) is 0 Å². The van der Waals surface area contributed by atoms with E-state index in [0.29, 0.717) is 18.4 Å². The molecule has 0 bridgehead atoms. The monoisotopic (exact) mass is 301 g/mol. The fourth-order valence-electron chi connectivity index (χ4n) is 2.06. The first kappa shape index (κ1) is 15.2. The molecular formula is C14H17ClFNO3. The van der Waals surface area contributed by atoms with Crippen molar-refractivity contribution in [2.24, 2.45) is 5.92 Å². The van der Waals surface area contributed by atoms with Gasteiger partial charge < -0.3 is 5.32 Å². The fraction of sp³-hybridized carbons (Fsp3) is 0.500. The van der Waals surface area contributed by atoms with Crippen LogP contribution >= 0.6 is 12.4 Å². The highest BCUT2D eigenvalue weighted by atomic mass is 35.5. The number of nitrogens with one attached hydrogen (secondary N) is 1. The lowest BCUT2D eigenvalue weighted by Gasteiger charge is -2.25. The highest BCUT2D eigenvalue weighted by Crippen LogP contribution is 2.40. The SMILES string of the molecule is Cl.O=C(OOCC1CNC1)c1cc(C2CC2)ccc1F. The van der Waals surface area contributed by atoms with Crippen LogP contribution in [0.25, 0.3) is 0 Å². The van der Waals surface area contributed by atoms with Crippen molar-refractivity contribution in [2.45, 2.75) is 18.8 Å². The molecule has 2 aliphatic rings. The maximum atomic E-state index is 13.6. The molecule has 1 heterocycles. The third-order valence-corrected chi connectivity index (χ3v) is 3.56. The second-order valence-electron chi connectivity index (χ2n) is 5.19. The van der Waals surface area contributed by atoms with E-state index in [1.54, 1.807) is 12.1 Å². The summed E-state index contributed by atoms with van der Waals surface area (Å²) in [6, 6.07) is 4.62. The minimum atomic E-state index is -0.757. The number of carbonyl (C=O) groups is 1. The molecule has 0 atom stereocenters. The van der Waals surface area contributed by atoms with E-state index in [1.807, 2.05) is 0 Å². The van der Waals surface area contributed by atoms with E-state index in [1.165, 1.54) is 6.07 Å². The van der Waals surface area contributed by atoms with Crippen LogP contribution in [-0.2, 0) is 9.78 Å². The Bertz CT molecular complexity index is 489. The van der Waals surface area contributed by atoms with E-state index < -0.39 is 11.8 Å². The Hall–Kier alpha value is -1.17. The number of rotatable bonds is 5. The van der Waals surface area contributed by atoms with Gasteiger partial charge in [-0.05, 0) is 36.5 Å². The van der Waals surface area contributed by atoms with Crippen molar-refractivity contribution in [1.82, 2.24) is 5.32 Å². The van der Waals surface area contributed by atoms with Gasteiger partial charge in [0, 0.05) is 19.0 Å². The molecule has 1 aliphatic carbocycles. The molecule has 1 saturated carbocycles. The molecule has 4 nitrogen and oxygen atoms in total. The van der Waals surface area contributed by atoms with Crippen molar-refractivity contribution < 1.29 is 19.0 Å². The van der Waals surface area contributed by atoms with Crippen LogP contribution in [0.4, 0.5) is 4.39 Å². The van der Waals surface area contributed by atoms with E-state index in [0.717, 1.165) is 31.5 Å². The first-order valence-corrected chi connectivity index (χ1v) is 6.58. The third kappa shape index (κ3) is 3.48. The summed E-state index contributed by atoms with van der Waals surface area (Å²) in [5.74, 6) is -0.486. The van der Waals surface area contributed by atoms with Gasteiger partial charge >= 0.3 is 5.97 Å². The summed E-state index contributed by atoms with van der Waals surface area (Å²) in [5.41, 5.74) is 0.952. The van der Waals surface area contributed by atoms with Crippen LogP contribution in [0.5, 0.6) is 0 Å². The Balaban J connectivity index is 0.00000147. The van der Waals surface area contributed by atoms with Gasteiger partial charge in [0.15, 0.2) is 0 Å². The van der Waals surface area contributed by atoms with E-state index in [2.05, 4.69) is 10.2 Å². The van der Waals surface area contributed by atoms with Crippen LogP contribution in [0.15, 0.2) is 18.2 Å². The number of carbonyl (C=O) groups excluding carboxylic acids is 1. The molecule has 6 heteroatoms. The molecule has 2 fully saturated rings. The van der Waals surface area contributed by atoms with Gasteiger partial charge in [-0.25, -0.2) is 9.18 Å². The topological polar surface area (TPSA) is 47.6 Å². The van der Waals surface area contributed by atoms with Crippen molar-refractivity contribution in [1.29, 1.82) is 0 Å². The molecule has 1 aromatic rings. The van der Waals surface area contributed by atoms with Crippen LogP contribution in [0, 0.1) is 11.7 Å². The standard InChI is InChI=1S/C14H16FNO3.ClH/c15-13-4-3-11(10-1-2-10)5-12(13)14(17)19-18-8-9-6-16-7-9;/h3-5,9-10,16H,1-2,6-8H2;1H. The molecular weight excluding hydrogens is 285 g/mol. The van der Waals surface area contributed by atoms with E-state index in [4.69, 9.17) is 4.89 Å². The van der Waals surface area contributed by atoms with Crippen molar-refractivity contribution in [3.63, 3.8) is 0 Å². The molecule has 1 N–H and O–H groups in total. The van der Waals surface area contributed by atoms with Crippen molar-refractivity contribution in [3.05, 3.63) is 35.1 Å². The van der Waals surface area contributed by atoms with Crippen LogP contribution in [0.2, 0.25) is 0 Å². The highest BCUT2D eigenvalue weighted by Gasteiger charge is 2.26. The predicted molar refractivity (Wildman–Crippen MR) is 73.4 cm³/mol. The van der Waals surface area contributed by atoms with Gasteiger partial charge in [-0.1, -0.05) is 6.07 Å². The van der Waals surface area contributed by atoms with Crippen LogP contribution in [0.1, 0.15) is 34.7 Å². The quantitative estimate of drug-likeness (QED) is 0.670. The Kier molecular flexibility index (Phi) is 4.96. The van der Waals surface area contributed by atoms with Gasteiger partial charge in [-0.15, -0.1) is 12.4 Å². The minimum Gasteiger partial charge on any atom is -0.316 e. The highest BCUT2D eigenvalue weighted by molar-refractivity contribution is 5.89. The summed E-state index contributed by atoms with van der Waals surface area (Å²) in [6.07, 6.45) is 2.20. The predicted octanol–water partition coefficient (Wildman–Crippen LogP) is 2.43. The van der Waals surface area contributed by atoms with Gasteiger partial charge in [-0.3, -0.25) is 4.89 Å². The average Bonchev–Trinajstić information content (AvgIpc) is 3.17. The molecule has 1 aliphatic heterocycles. The van der Waals surface area contributed by atoms with Crippen molar-refractivity contribution in [2.75, 3.05) is 19.7 Å². The van der Waals surface area contributed by atoms with Crippen molar-refractivity contribution >= 4 is 18.4 Å². The number of hydrogen-bond donors (Lipinski definition) is 1. The number of hydrogen-bond acceptors (Lipinski definition) is 4. The summed E-state index contributed by atoms with van der Waals surface area (Å²) in [6.45, 7) is 2.08. The number of benzene rings is 1. The Morgan fingerprint density at radius 3 is 2.70 bits per heavy atom. The van der Waals surface area contributed by atoms with Gasteiger partial charge in [0.1, 0.15) is 5.82 Å². The summed E-state index contributed by atoms with van der Waals surface area (Å²) < 4.78 is 13.6. The average molecular weight is 302 g/mol. The smallest absolute Gasteiger partial charge is 0.316 e. The molecule has 0 amide bonds. The minimum absolute atomic E-state index is 0. The van der Waals surface area contributed by atoms with Crippen LogP contribution in [-0.4, -0.2) is 25.7 Å². The first-order chi connectivity index (χ1) is 9.24. The Morgan fingerprint density at radius 2 is 2.10 bits per heavy atom. The molecule has 3 rings (SSSR count). The lowest BCUT2D eigenvalue weighted by Crippen LogP contribution is -2.44. The largest absolute Gasteiger partial charge is 0.376 e. The Labute approximate surface area is 123 Å². The summed E-state index contributed by atoms with van der Waals surface area (Å²) in [7, 11) is 0. The lowest BCUT2D eigenvalue weighted by atomic mass is 10.1. The van der Waals surface area contributed by atoms with Crippen molar-refractivity contribution in [3.8, 4) is 0 Å². The molecule has 1 aromatic carbocycles. The van der Waals surface area contributed by atoms with E-state index >= 15 is 0 Å². The van der Waals surface area contributed by atoms with E-state index in [-0.39, 0.29) is 18.0 Å². The zero-order valence-electron chi connectivity index (χ0n) is 10.9. The third-order valence-electron chi connectivity index (χ3n) is 3.56. The molecule has 0 unspecified atom stereocenters. The molecule has 0 radical (unpaired) electrons. The number of halogens is 2. The summed E-state index contributed by atoms with van der Waals surface area (Å²) in [4.78, 5) is 21.3. The van der Waals surface area contributed by atoms with E-state index in [9.17, 15) is 9.18 Å². The van der Waals surface area contributed by atoms with Crippen LogP contribution < -0.4 is 5.32 Å². The second kappa shape index (κ2) is 6.52. The second-order valence-corrected chi connectivity index (χ2v) is 5.19. The molecule has 20 heavy (non-hydrogen) atoms. The zero-order valence-corrected chi connectivity index (χ0v) is 11.7. The maximum absolute atomic E-state index is 13.6. The summed E-state index contributed by atoms with van der Waals surface area (Å²) >= 11 is 0. The normalized spacial score (nSPS) is 18.1. The lowest BCUT2D eigenvalue weighted by molar-refractivity contribution is -0.251. The molecule has 0 spiro atoms. The summed E-state index contributed by atoms with van der Waals surface area (Å²) in [5, 5.41) is 3.09. The molecule has 0 aromatic heterocycles. The van der Waals surface area contributed by atoms with Gasteiger partial charge in [0.05, 0.1) is 12.2 Å². The van der Waals surface area contributed by atoms with Gasteiger partial charge in [-0.2, -0.15) is 4.89 Å². The molecule has 110 valence electrons. The molecule has 1 saturated heterocycles. The first-order valence-electron chi connectivity index (χ1n) is 6.58. The zero-order chi connectivity index (χ0) is 13.2. The maximum Gasteiger partial charge on any atom is 0.376 e. The fourth-order valence-corrected chi connectivity index (χ4v) is 2.06. The van der Waals surface area contributed by atoms with Gasteiger partial charge in [0.25, 0.3) is 0 Å². The Morgan fingerprint density at radius 1 is 1.35 bits per heavy atom.